The highest BCUT2D eigenvalue weighted by atomic mass is 16.5. The van der Waals surface area contributed by atoms with Crippen molar-refractivity contribution in [1.29, 1.82) is 0 Å². The third-order valence-electron chi connectivity index (χ3n) is 5.08. The molecule has 2 saturated heterocycles. The van der Waals surface area contributed by atoms with Gasteiger partial charge in [-0.05, 0) is 49.4 Å². The number of carbonyl (C=O) groups is 1. The van der Waals surface area contributed by atoms with Crippen molar-refractivity contribution in [3.63, 3.8) is 0 Å². The van der Waals surface area contributed by atoms with Crippen LogP contribution in [0.3, 0.4) is 0 Å². The molecule has 1 spiro atoms. The molecule has 0 unspecified atom stereocenters. The summed E-state index contributed by atoms with van der Waals surface area (Å²) in [6.07, 6.45) is 3.46. The number of piperidine rings is 1. The van der Waals surface area contributed by atoms with Gasteiger partial charge in [-0.1, -0.05) is 6.07 Å². The zero-order chi connectivity index (χ0) is 16.1. The van der Waals surface area contributed by atoms with Gasteiger partial charge in [0.05, 0.1) is 6.61 Å². The van der Waals surface area contributed by atoms with Gasteiger partial charge >= 0.3 is 0 Å². The Hall–Kier alpha value is -1.59. The molecular weight excluding hydrogens is 292 g/mol. The predicted molar refractivity (Wildman–Crippen MR) is 88.9 cm³/mol. The van der Waals surface area contributed by atoms with E-state index in [-0.39, 0.29) is 5.91 Å². The Morgan fingerprint density at radius 2 is 2.09 bits per heavy atom. The summed E-state index contributed by atoms with van der Waals surface area (Å²) in [4.78, 5) is 14.7. The van der Waals surface area contributed by atoms with Gasteiger partial charge in [0, 0.05) is 32.3 Å². The van der Waals surface area contributed by atoms with E-state index in [0.717, 1.165) is 44.8 Å². The van der Waals surface area contributed by atoms with E-state index in [1.165, 1.54) is 6.42 Å². The van der Waals surface area contributed by atoms with E-state index in [0.29, 0.717) is 24.2 Å². The molecule has 0 aliphatic carbocycles. The molecule has 2 fully saturated rings. The van der Waals surface area contributed by atoms with Crippen molar-refractivity contribution in [2.75, 3.05) is 46.5 Å². The molecule has 126 valence electrons. The standard InChI is InChI=1S/C18H26N2O3/c1-22-11-12-23-16-4-2-3-15(13-16)17(21)20-9-6-18(7-10-20)5-8-19-14-18/h2-4,13,19H,5-12,14H2,1H3. The lowest BCUT2D eigenvalue weighted by atomic mass is 9.78. The largest absolute Gasteiger partial charge is 0.491 e. The lowest BCUT2D eigenvalue weighted by Crippen LogP contribution is -2.44. The Kier molecular flexibility index (Phi) is 5.18. The number of methoxy groups -OCH3 is 1. The van der Waals surface area contributed by atoms with Crippen molar-refractivity contribution in [2.45, 2.75) is 19.3 Å². The highest BCUT2D eigenvalue weighted by Crippen LogP contribution is 2.37. The van der Waals surface area contributed by atoms with Gasteiger partial charge < -0.3 is 19.7 Å². The molecule has 0 bridgehead atoms. The molecule has 5 nitrogen and oxygen atoms in total. The number of ether oxygens (including phenoxy) is 2. The molecule has 2 aliphatic heterocycles. The Labute approximate surface area is 137 Å². The first kappa shape index (κ1) is 16.3. The summed E-state index contributed by atoms with van der Waals surface area (Å²) in [6.45, 7) is 4.98. The third kappa shape index (κ3) is 3.85. The Bertz CT molecular complexity index is 531. The lowest BCUT2D eigenvalue weighted by molar-refractivity contribution is 0.0607. The minimum absolute atomic E-state index is 0.114. The summed E-state index contributed by atoms with van der Waals surface area (Å²) in [6, 6.07) is 7.45. The number of likely N-dealkylation sites (tertiary alicyclic amines) is 1. The summed E-state index contributed by atoms with van der Waals surface area (Å²) < 4.78 is 10.6. The molecule has 0 saturated carbocycles. The first-order valence-electron chi connectivity index (χ1n) is 8.44. The van der Waals surface area contributed by atoms with E-state index >= 15 is 0 Å². The average molecular weight is 318 g/mol. The monoisotopic (exact) mass is 318 g/mol. The second-order valence-electron chi connectivity index (χ2n) is 6.59. The van der Waals surface area contributed by atoms with E-state index < -0.39 is 0 Å². The molecule has 2 heterocycles. The summed E-state index contributed by atoms with van der Waals surface area (Å²) in [5.74, 6) is 0.837. The summed E-state index contributed by atoms with van der Waals surface area (Å²) in [5, 5.41) is 3.46. The molecule has 0 radical (unpaired) electrons. The van der Waals surface area contributed by atoms with Crippen LogP contribution in [0, 0.1) is 5.41 Å². The van der Waals surface area contributed by atoms with Crippen LogP contribution >= 0.6 is 0 Å². The minimum Gasteiger partial charge on any atom is -0.491 e. The fourth-order valence-electron chi connectivity index (χ4n) is 3.55. The number of nitrogens with one attached hydrogen (secondary N) is 1. The Morgan fingerprint density at radius 3 is 2.78 bits per heavy atom. The Morgan fingerprint density at radius 1 is 1.26 bits per heavy atom. The molecular formula is C18H26N2O3. The Balaban J connectivity index is 1.58. The van der Waals surface area contributed by atoms with Crippen molar-refractivity contribution in [3.05, 3.63) is 29.8 Å². The van der Waals surface area contributed by atoms with E-state index in [2.05, 4.69) is 5.32 Å². The van der Waals surface area contributed by atoms with E-state index in [9.17, 15) is 4.79 Å². The number of hydrogen-bond acceptors (Lipinski definition) is 4. The van der Waals surface area contributed by atoms with Crippen LogP contribution in [0.2, 0.25) is 0 Å². The normalized spacial score (nSPS) is 20.0. The molecule has 1 N–H and O–H groups in total. The maximum absolute atomic E-state index is 12.7. The topological polar surface area (TPSA) is 50.8 Å². The second kappa shape index (κ2) is 7.32. The molecule has 3 rings (SSSR count). The first-order valence-corrected chi connectivity index (χ1v) is 8.44. The highest BCUT2D eigenvalue weighted by molar-refractivity contribution is 5.94. The van der Waals surface area contributed by atoms with Gasteiger partial charge in [-0.3, -0.25) is 4.79 Å². The summed E-state index contributed by atoms with van der Waals surface area (Å²) in [7, 11) is 1.65. The summed E-state index contributed by atoms with van der Waals surface area (Å²) >= 11 is 0. The first-order chi connectivity index (χ1) is 11.2. The zero-order valence-corrected chi connectivity index (χ0v) is 13.8. The highest BCUT2D eigenvalue weighted by Gasteiger charge is 2.38. The van der Waals surface area contributed by atoms with E-state index in [4.69, 9.17) is 9.47 Å². The summed E-state index contributed by atoms with van der Waals surface area (Å²) in [5.41, 5.74) is 1.14. The molecule has 23 heavy (non-hydrogen) atoms. The fourth-order valence-corrected chi connectivity index (χ4v) is 3.55. The third-order valence-corrected chi connectivity index (χ3v) is 5.08. The van der Waals surface area contributed by atoms with Gasteiger partial charge in [0.2, 0.25) is 0 Å². The van der Waals surface area contributed by atoms with Crippen LogP contribution in [-0.2, 0) is 4.74 Å². The van der Waals surface area contributed by atoms with Gasteiger partial charge in [0.25, 0.3) is 5.91 Å². The van der Waals surface area contributed by atoms with Crippen LogP contribution in [-0.4, -0.2) is 57.3 Å². The van der Waals surface area contributed by atoms with Crippen LogP contribution in [0.5, 0.6) is 5.75 Å². The SMILES string of the molecule is COCCOc1cccc(C(=O)N2CCC3(CCNC3)CC2)c1. The molecule has 0 atom stereocenters. The van der Waals surface area contributed by atoms with Gasteiger partial charge in [0.15, 0.2) is 0 Å². The molecule has 0 aromatic heterocycles. The van der Waals surface area contributed by atoms with Crippen LogP contribution in [0.4, 0.5) is 0 Å². The number of rotatable bonds is 5. The second-order valence-corrected chi connectivity index (χ2v) is 6.59. The van der Waals surface area contributed by atoms with E-state index in [1.807, 2.05) is 29.2 Å². The van der Waals surface area contributed by atoms with Crippen molar-refractivity contribution in [3.8, 4) is 5.75 Å². The van der Waals surface area contributed by atoms with Crippen molar-refractivity contribution in [2.24, 2.45) is 5.41 Å². The van der Waals surface area contributed by atoms with Gasteiger partial charge in [-0.2, -0.15) is 0 Å². The number of carbonyl (C=O) groups excluding carboxylic acids is 1. The van der Waals surface area contributed by atoms with Crippen molar-refractivity contribution in [1.82, 2.24) is 10.2 Å². The minimum atomic E-state index is 0.114. The van der Waals surface area contributed by atoms with Gasteiger partial charge in [-0.25, -0.2) is 0 Å². The average Bonchev–Trinajstić information content (AvgIpc) is 3.04. The number of hydrogen-bond donors (Lipinski definition) is 1. The molecule has 1 aromatic rings. The van der Waals surface area contributed by atoms with Crippen LogP contribution in [0.25, 0.3) is 0 Å². The zero-order valence-electron chi connectivity index (χ0n) is 13.8. The smallest absolute Gasteiger partial charge is 0.253 e. The quantitative estimate of drug-likeness (QED) is 0.843. The van der Waals surface area contributed by atoms with Crippen molar-refractivity contribution < 1.29 is 14.3 Å². The maximum atomic E-state index is 12.7. The van der Waals surface area contributed by atoms with Gasteiger partial charge in [-0.15, -0.1) is 0 Å². The van der Waals surface area contributed by atoms with Crippen molar-refractivity contribution >= 4 is 5.91 Å². The number of amides is 1. The van der Waals surface area contributed by atoms with Gasteiger partial charge in [0.1, 0.15) is 12.4 Å². The van der Waals surface area contributed by atoms with E-state index in [1.54, 1.807) is 7.11 Å². The predicted octanol–water partition coefficient (Wildman–Crippen LogP) is 1.93. The lowest BCUT2D eigenvalue weighted by Gasteiger charge is -2.38. The molecule has 5 heteroatoms. The number of nitrogens with zero attached hydrogens (tertiary/aromatic N) is 1. The van der Waals surface area contributed by atoms with Crippen LogP contribution in [0.15, 0.2) is 24.3 Å². The van der Waals surface area contributed by atoms with Crippen LogP contribution in [0.1, 0.15) is 29.6 Å². The van der Waals surface area contributed by atoms with Crippen LogP contribution < -0.4 is 10.1 Å². The number of benzene rings is 1. The molecule has 1 aromatic carbocycles. The fraction of sp³-hybridized carbons (Fsp3) is 0.611. The molecule has 1 amide bonds. The maximum Gasteiger partial charge on any atom is 0.253 e. The molecule has 2 aliphatic rings.